The Labute approximate surface area is 231 Å². The monoisotopic (exact) mass is 558 g/mol. The molecule has 2 saturated carbocycles. The van der Waals surface area contributed by atoms with Gasteiger partial charge in [-0.1, -0.05) is 13.8 Å². The van der Waals surface area contributed by atoms with E-state index in [1.54, 1.807) is 0 Å². The fraction of sp³-hybridized carbons (Fsp3) is 0.607. The van der Waals surface area contributed by atoms with Gasteiger partial charge in [0.2, 0.25) is 17.6 Å². The lowest BCUT2D eigenvalue weighted by Crippen LogP contribution is -2.56. The number of nitrogens with zero attached hydrogens (tertiary/aromatic N) is 1. The summed E-state index contributed by atoms with van der Waals surface area (Å²) in [6, 6.07) is 1.87. The summed E-state index contributed by atoms with van der Waals surface area (Å²) >= 11 is 0. The Bertz CT molecular complexity index is 1230. The van der Waals surface area contributed by atoms with Gasteiger partial charge in [-0.2, -0.15) is 0 Å². The van der Waals surface area contributed by atoms with Crippen molar-refractivity contribution in [2.75, 3.05) is 26.8 Å². The molecule has 2 aliphatic heterocycles. The predicted octanol–water partition coefficient (Wildman–Crippen LogP) is 0.555. The van der Waals surface area contributed by atoms with Gasteiger partial charge in [0.15, 0.2) is 18.2 Å². The highest BCUT2D eigenvalue weighted by Crippen LogP contribution is 2.64. The van der Waals surface area contributed by atoms with E-state index in [1.165, 1.54) is 24.1 Å². The van der Waals surface area contributed by atoms with Crippen LogP contribution in [0.3, 0.4) is 0 Å². The Balaban J connectivity index is 1.29. The number of piperidine rings is 1. The minimum absolute atomic E-state index is 0.00744. The highest BCUT2D eigenvalue weighted by molar-refractivity contribution is 6.38. The zero-order valence-electron chi connectivity index (χ0n) is 22.8. The van der Waals surface area contributed by atoms with E-state index >= 15 is 0 Å². The molecule has 11 nitrogen and oxygen atoms in total. The van der Waals surface area contributed by atoms with Gasteiger partial charge in [-0.15, -0.1) is 0 Å². The van der Waals surface area contributed by atoms with Crippen LogP contribution in [-0.2, 0) is 24.0 Å². The van der Waals surface area contributed by atoms with Gasteiger partial charge in [0.1, 0.15) is 11.8 Å². The average Bonchev–Trinajstić information content (AvgIpc) is 3.68. The summed E-state index contributed by atoms with van der Waals surface area (Å²) in [6.07, 6.45) is 2.07. The minimum Gasteiger partial charge on any atom is -0.497 e. The number of fused-ring (bicyclic) bond motifs is 1. The molecule has 0 unspecified atom stereocenters. The highest BCUT2D eigenvalue weighted by atomic mass is 19.1. The lowest BCUT2D eigenvalue weighted by atomic mass is 9.94. The number of methoxy groups -OCH3 is 1. The first-order chi connectivity index (χ1) is 19.0. The molecule has 4 aliphatic rings. The lowest BCUT2D eigenvalue weighted by molar-refractivity contribution is -0.144. The Hall–Kier alpha value is -3.70. The van der Waals surface area contributed by atoms with Crippen LogP contribution in [0.1, 0.15) is 39.5 Å². The number of halogens is 1. The third kappa shape index (κ3) is 5.48. The van der Waals surface area contributed by atoms with Gasteiger partial charge in [-0.3, -0.25) is 24.0 Å². The predicted molar refractivity (Wildman–Crippen MR) is 139 cm³/mol. The van der Waals surface area contributed by atoms with Crippen LogP contribution >= 0.6 is 0 Å². The molecule has 3 N–H and O–H groups in total. The summed E-state index contributed by atoms with van der Waals surface area (Å²) in [5.74, 6) is -3.97. The van der Waals surface area contributed by atoms with Crippen LogP contribution in [0.4, 0.5) is 4.39 Å². The van der Waals surface area contributed by atoms with Gasteiger partial charge >= 0.3 is 0 Å². The molecule has 12 heteroatoms. The van der Waals surface area contributed by atoms with E-state index in [1.807, 2.05) is 13.8 Å². The van der Waals surface area contributed by atoms with Crippen molar-refractivity contribution in [2.24, 2.45) is 23.2 Å². The number of nitrogens with one attached hydrogen (secondary N) is 3. The summed E-state index contributed by atoms with van der Waals surface area (Å²) in [5, 5.41) is 8.09. The zero-order valence-corrected chi connectivity index (χ0v) is 22.8. The Morgan fingerprint density at radius 2 is 1.95 bits per heavy atom. The molecule has 2 saturated heterocycles. The molecule has 5 rings (SSSR count). The van der Waals surface area contributed by atoms with Crippen molar-refractivity contribution in [2.45, 2.75) is 57.7 Å². The maximum absolute atomic E-state index is 14.3. The third-order valence-electron chi connectivity index (χ3n) is 8.74. The van der Waals surface area contributed by atoms with E-state index in [0.29, 0.717) is 25.3 Å². The van der Waals surface area contributed by atoms with Gasteiger partial charge in [0.05, 0.1) is 13.2 Å². The number of likely N-dealkylation sites (tertiary alicyclic amines) is 1. The van der Waals surface area contributed by atoms with Gasteiger partial charge in [0.25, 0.3) is 11.8 Å². The Morgan fingerprint density at radius 3 is 2.58 bits per heavy atom. The number of Topliss-reactive ketones (excluding diaryl/α,β-unsaturated/α-hetero) is 1. The van der Waals surface area contributed by atoms with Crippen LogP contribution in [0.25, 0.3) is 0 Å². The number of hydrogen-bond acceptors (Lipinski definition) is 7. The summed E-state index contributed by atoms with van der Waals surface area (Å²) in [5.41, 5.74) is -0.198. The first-order valence-electron chi connectivity index (χ1n) is 13.7. The Morgan fingerprint density at radius 1 is 1.20 bits per heavy atom. The van der Waals surface area contributed by atoms with Crippen molar-refractivity contribution in [1.82, 2.24) is 20.9 Å². The first kappa shape index (κ1) is 27.9. The number of carbonyl (C=O) groups is 5. The minimum atomic E-state index is -1.21. The molecule has 4 amide bonds. The summed E-state index contributed by atoms with van der Waals surface area (Å²) < 4.78 is 24.7. The molecular formula is C28H35FN4O7. The summed E-state index contributed by atoms with van der Waals surface area (Å²) in [7, 11) is 1.41. The van der Waals surface area contributed by atoms with E-state index in [4.69, 9.17) is 9.47 Å². The van der Waals surface area contributed by atoms with Gasteiger partial charge in [0, 0.05) is 31.1 Å². The van der Waals surface area contributed by atoms with Crippen molar-refractivity contribution >= 4 is 29.4 Å². The van der Waals surface area contributed by atoms with Crippen LogP contribution in [0.5, 0.6) is 11.5 Å². The molecule has 4 fully saturated rings. The SMILES string of the molecule is COc1ccc(OCC(=O)N2C[C@H]3[C@@H]([C@H]2C(=O)N[C@@H](C[C@@H]2CCNC2=O)C(=O)C(=O)NC2CC2)C3(C)C)c(F)c1. The molecule has 1 aromatic rings. The van der Waals surface area contributed by atoms with Crippen LogP contribution in [-0.4, -0.2) is 79.2 Å². The molecule has 0 radical (unpaired) electrons. The third-order valence-corrected chi connectivity index (χ3v) is 8.74. The van der Waals surface area contributed by atoms with Crippen LogP contribution in [0.2, 0.25) is 0 Å². The fourth-order valence-electron chi connectivity index (χ4n) is 6.08. The standard InChI is InChI=1S/C28H35FN4O7/c1-28(2)17-12-33(21(34)13-40-20-7-6-16(39-3)11-18(20)29)23(22(17)28)26(37)32-19(10-14-8-9-30-25(14)36)24(35)27(38)31-15-4-5-15/h6-7,11,14-15,17,19,22-23H,4-5,8-10,12-13H2,1-3H3,(H,30,36)(H,31,38)(H,32,37)/t14-,17-,19-,22-,23-/m0/s1. The maximum Gasteiger partial charge on any atom is 0.289 e. The van der Waals surface area contributed by atoms with E-state index in [-0.39, 0.29) is 41.4 Å². The second kappa shape index (κ2) is 10.7. The van der Waals surface area contributed by atoms with Crippen molar-refractivity contribution in [3.8, 4) is 11.5 Å². The van der Waals surface area contributed by atoms with Crippen molar-refractivity contribution in [3.05, 3.63) is 24.0 Å². The topological polar surface area (TPSA) is 143 Å². The first-order valence-corrected chi connectivity index (χ1v) is 13.7. The average molecular weight is 559 g/mol. The molecule has 5 atom stereocenters. The lowest BCUT2D eigenvalue weighted by Gasteiger charge is -2.31. The largest absolute Gasteiger partial charge is 0.497 e. The number of hydrogen-bond donors (Lipinski definition) is 3. The number of ether oxygens (including phenoxy) is 2. The van der Waals surface area contributed by atoms with Crippen molar-refractivity contribution in [3.63, 3.8) is 0 Å². The van der Waals surface area contributed by atoms with Crippen molar-refractivity contribution < 1.29 is 37.8 Å². The zero-order chi connectivity index (χ0) is 28.8. The van der Waals surface area contributed by atoms with E-state index in [0.717, 1.165) is 18.9 Å². The molecule has 0 bridgehead atoms. The molecule has 1 aromatic carbocycles. The molecule has 2 heterocycles. The van der Waals surface area contributed by atoms with Gasteiger partial charge in [-0.05, 0) is 55.1 Å². The molecule has 2 aliphatic carbocycles. The highest BCUT2D eigenvalue weighted by Gasteiger charge is 2.69. The smallest absolute Gasteiger partial charge is 0.289 e. The Kier molecular flexibility index (Phi) is 7.45. The second-order valence-corrected chi connectivity index (χ2v) is 11.7. The molecule has 0 aromatic heterocycles. The molecule has 216 valence electrons. The normalized spacial score (nSPS) is 26.8. The quantitative estimate of drug-likeness (QED) is 0.337. The molecular weight excluding hydrogens is 523 g/mol. The van der Waals surface area contributed by atoms with E-state index in [2.05, 4.69) is 16.0 Å². The van der Waals surface area contributed by atoms with Crippen LogP contribution in [0.15, 0.2) is 18.2 Å². The summed E-state index contributed by atoms with van der Waals surface area (Å²) in [6.45, 7) is 4.32. The van der Waals surface area contributed by atoms with E-state index in [9.17, 15) is 28.4 Å². The molecule has 40 heavy (non-hydrogen) atoms. The van der Waals surface area contributed by atoms with Crippen LogP contribution < -0.4 is 25.4 Å². The van der Waals surface area contributed by atoms with Crippen LogP contribution in [0, 0.1) is 29.0 Å². The number of amides is 4. The molecule has 0 spiro atoms. The van der Waals surface area contributed by atoms with Gasteiger partial charge < -0.3 is 30.3 Å². The maximum atomic E-state index is 14.3. The second-order valence-electron chi connectivity index (χ2n) is 11.7. The van der Waals surface area contributed by atoms with E-state index < -0.39 is 53.9 Å². The van der Waals surface area contributed by atoms with Crippen molar-refractivity contribution in [1.29, 1.82) is 0 Å². The number of carbonyl (C=O) groups excluding carboxylic acids is 5. The fourth-order valence-corrected chi connectivity index (χ4v) is 6.08. The number of ketones is 1. The number of rotatable bonds is 11. The number of benzene rings is 1. The van der Waals surface area contributed by atoms with Gasteiger partial charge in [-0.25, -0.2) is 4.39 Å². The summed E-state index contributed by atoms with van der Waals surface area (Å²) in [4.78, 5) is 66.3.